The molecule has 4 heterocycles. The second-order valence-corrected chi connectivity index (χ2v) is 7.12. The fourth-order valence-electron chi connectivity index (χ4n) is 3.47. The molecule has 0 spiro atoms. The van der Waals surface area contributed by atoms with Gasteiger partial charge in [0.2, 0.25) is 0 Å². The molecule has 1 saturated heterocycles. The molecule has 1 aromatic carbocycles. The minimum absolute atomic E-state index is 0. The Kier molecular flexibility index (Phi) is 4.94. The highest BCUT2D eigenvalue weighted by atomic mass is 35.5. The zero-order valence-corrected chi connectivity index (χ0v) is 16.4. The van der Waals surface area contributed by atoms with Gasteiger partial charge in [-0.25, -0.2) is 9.37 Å². The Morgan fingerprint density at radius 1 is 1.07 bits per heavy atom. The molecule has 29 heavy (non-hydrogen) atoms. The lowest BCUT2D eigenvalue weighted by atomic mass is 9.98. The standard InChI is InChI=1S/C21H18FN5O.ClH/c1-12-10-27-11-14(6-17(22)21(27)24-12)13-2-3-16(20(28)7-13)19-5-4-18(25-26-19)15-8-23-9-15;/h2-7,10-11,15,23,28H,8-9H2,1H3;1H. The van der Waals surface area contributed by atoms with Gasteiger partial charge < -0.3 is 14.8 Å². The molecule has 1 aliphatic heterocycles. The number of hydrogen-bond acceptors (Lipinski definition) is 5. The lowest BCUT2D eigenvalue weighted by Crippen LogP contribution is -2.40. The van der Waals surface area contributed by atoms with E-state index in [1.165, 1.54) is 6.07 Å². The number of imidazole rings is 1. The van der Waals surface area contributed by atoms with Crippen molar-refractivity contribution >= 4 is 18.1 Å². The van der Waals surface area contributed by atoms with E-state index >= 15 is 0 Å². The molecule has 8 heteroatoms. The van der Waals surface area contributed by atoms with Crippen molar-refractivity contribution in [2.45, 2.75) is 12.8 Å². The summed E-state index contributed by atoms with van der Waals surface area (Å²) in [6, 6.07) is 10.5. The van der Waals surface area contributed by atoms with Gasteiger partial charge in [-0.1, -0.05) is 6.07 Å². The van der Waals surface area contributed by atoms with Gasteiger partial charge in [0.15, 0.2) is 11.5 Å². The van der Waals surface area contributed by atoms with Crippen LogP contribution >= 0.6 is 12.4 Å². The highest BCUT2D eigenvalue weighted by molar-refractivity contribution is 5.85. The first kappa shape index (κ1) is 19.3. The van der Waals surface area contributed by atoms with Gasteiger partial charge in [-0.3, -0.25) is 0 Å². The van der Waals surface area contributed by atoms with Gasteiger partial charge in [-0.15, -0.1) is 12.4 Å². The van der Waals surface area contributed by atoms with E-state index in [1.807, 2.05) is 25.1 Å². The fraction of sp³-hybridized carbons (Fsp3) is 0.190. The number of halogens is 2. The number of aromatic hydroxyl groups is 1. The summed E-state index contributed by atoms with van der Waals surface area (Å²) in [6.07, 6.45) is 3.57. The van der Waals surface area contributed by atoms with Gasteiger partial charge >= 0.3 is 0 Å². The molecule has 2 N–H and O–H groups in total. The molecule has 1 fully saturated rings. The monoisotopic (exact) mass is 411 g/mol. The van der Waals surface area contributed by atoms with Gasteiger partial charge in [0.05, 0.1) is 17.1 Å². The van der Waals surface area contributed by atoms with E-state index < -0.39 is 5.82 Å². The minimum atomic E-state index is -0.402. The number of nitrogens with zero attached hydrogens (tertiary/aromatic N) is 4. The fourth-order valence-corrected chi connectivity index (χ4v) is 3.47. The predicted octanol–water partition coefficient (Wildman–Crippen LogP) is 3.72. The van der Waals surface area contributed by atoms with Crippen LogP contribution in [0.15, 0.2) is 48.8 Å². The van der Waals surface area contributed by atoms with Crippen LogP contribution < -0.4 is 5.32 Å². The number of fused-ring (bicyclic) bond motifs is 1. The summed E-state index contributed by atoms with van der Waals surface area (Å²) < 4.78 is 16.0. The third kappa shape index (κ3) is 3.43. The third-order valence-electron chi connectivity index (χ3n) is 5.12. The first-order valence-corrected chi connectivity index (χ1v) is 9.11. The first-order valence-electron chi connectivity index (χ1n) is 9.11. The summed E-state index contributed by atoms with van der Waals surface area (Å²) in [6.45, 7) is 3.66. The molecule has 4 aromatic rings. The summed E-state index contributed by atoms with van der Waals surface area (Å²) in [5, 5.41) is 22.3. The number of aryl methyl sites for hydroxylation is 1. The van der Waals surface area contributed by atoms with Crippen molar-refractivity contribution in [3.05, 3.63) is 66.0 Å². The summed E-state index contributed by atoms with van der Waals surface area (Å²) >= 11 is 0. The number of hydrogen-bond donors (Lipinski definition) is 2. The SMILES string of the molecule is Cc1cn2cc(-c3ccc(-c4ccc(C5CNC5)nn4)c(O)c3)cc(F)c2n1.Cl. The van der Waals surface area contributed by atoms with Crippen LogP contribution in [-0.2, 0) is 0 Å². The Hall–Kier alpha value is -3.03. The maximum absolute atomic E-state index is 14.4. The van der Waals surface area contributed by atoms with Crippen LogP contribution in [0.4, 0.5) is 4.39 Å². The molecule has 0 unspecified atom stereocenters. The molecule has 0 saturated carbocycles. The minimum Gasteiger partial charge on any atom is -0.507 e. The van der Waals surface area contributed by atoms with E-state index in [9.17, 15) is 9.50 Å². The van der Waals surface area contributed by atoms with Crippen LogP contribution in [0, 0.1) is 12.7 Å². The van der Waals surface area contributed by atoms with Crippen LogP contribution in [0.2, 0.25) is 0 Å². The second kappa shape index (κ2) is 7.42. The number of phenolic OH excluding ortho intramolecular Hbond substituents is 1. The lowest BCUT2D eigenvalue weighted by molar-refractivity contribution is 0.436. The van der Waals surface area contributed by atoms with E-state index in [2.05, 4.69) is 20.5 Å². The molecule has 5 rings (SSSR count). The molecule has 6 nitrogen and oxygen atoms in total. The van der Waals surface area contributed by atoms with Crippen LogP contribution in [0.3, 0.4) is 0 Å². The van der Waals surface area contributed by atoms with Crippen molar-refractivity contribution in [1.82, 2.24) is 24.9 Å². The molecule has 0 atom stereocenters. The molecular weight excluding hydrogens is 393 g/mol. The van der Waals surface area contributed by atoms with Gasteiger partial charge in [0, 0.05) is 42.5 Å². The van der Waals surface area contributed by atoms with Gasteiger partial charge in [0.1, 0.15) is 5.75 Å². The van der Waals surface area contributed by atoms with Gasteiger partial charge in [0.25, 0.3) is 0 Å². The van der Waals surface area contributed by atoms with E-state index in [4.69, 9.17) is 0 Å². The van der Waals surface area contributed by atoms with Crippen molar-refractivity contribution in [2.75, 3.05) is 13.1 Å². The van der Waals surface area contributed by atoms with Crippen molar-refractivity contribution < 1.29 is 9.50 Å². The maximum Gasteiger partial charge on any atom is 0.173 e. The summed E-state index contributed by atoms with van der Waals surface area (Å²) in [7, 11) is 0. The van der Waals surface area contributed by atoms with E-state index in [1.54, 1.807) is 28.9 Å². The lowest BCUT2D eigenvalue weighted by Gasteiger charge is -2.25. The third-order valence-corrected chi connectivity index (χ3v) is 5.12. The molecule has 0 amide bonds. The zero-order valence-electron chi connectivity index (χ0n) is 15.6. The number of aromatic nitrogens is 4. The molecule has 148 valence electrons. The number of nitrogens with one attached hydrogen (secondary N) is 1. The van der Waals surface area contributed by atoms with E-state index in [0.717, 1.165) is 24.5 Å². The Morgan fingerprint density at radius 3 is 2.55 bits per heavy atom. The summed E-state index contributed by atoms with van der Waals surface area (Å²) in [5.74, 6) is 0.0856. The normalized spacial score (nSPS) is 13.9. The highest BCUT2D eigenvalue weighted by Crippen LogP contribution is 2.33. The maximum atomic E-state index is 14.4. The number of pyridine rings is 1. The van der Waals surface area contributed by atoms with Crippen molar-refractivity contribution in [3.63, 3.8) is 0 Å². The molecular formula is C21H19ClFN5O. The second-order valence-electron chi connectivity index (χ2n) is 7.12. The highest BCUT2D eigenvalue weighted by Gasteiger charge is 2.21. The topological polar surface area (TPSA) is 75.3 Å². The quantitative estimate of drug-likeness (QED) is 0.537. The zero-order chi connectivity index (χ0) is 19.3. The van der Waals surface area contributed by atoms with Crippen LogP contribution in [0.5, 0.6) is 5.75 Å². The number of rotatable bonds is 3. The average Bonchev–Trinajstić information content (AvgIpc) is 3.02. The van der Waals surface area contributed by atoms with Crippen LogP contribution in [0.1, 0.15) is 17.3 Å². The Balaban J connectivity index is 0.00000205. The Morgan fingerprint density at radius 2 is 1.90 bits per heavy atom. The van der Waals surface area contributed by atoms with Crippen LogP contribution in [0.25, 0.3) is 28.0 Å². The van der Waals surface area contributed by atoms with Crippen molar-refractivity contribution in [2.24, 2.45) is 0 Å². The Bertz CT molecular complexity index is 1190. The molecule has 0 radical (unpaired) electrons. The molecule has 3 aromatic heterocycles. The summed E-state index contributed by atoms with van der Waals surface area (Å²) in [5.41, 5.74) is 4.55. The predicted molar refractivity (Wildman–Crippen MR) is 111 cm³/mol. The Labute approximate surface area is 172 Å². The first-order chi connectivity index (χ1) is 13.6. The van der Waals surface area contributed by atoms with Gasteiger partial charge in [-0.05, 0) is 42.8 Å². The van der Waals surface area contributed by atoms with Crippen molar-refractivity contribution in [3.8, 4) is 28.1 Å². The molecule has 1 aliphatic rings. The average molecular weight is 412 g/mol. The van der Waals surface area contributed by atoms with Crippen molar-refractivity contribution in [1.29, 1.82) is 0 Å². The largest absolute Gasteiger partial charge is 0.507 e. The van der Waals surface area contributed by atoms with Gasteiger partial charge in [-0.2, -0.15) is 10.2 Å². The number of benzene rings is 1. The molecule has 0 bridgehead atoms. The van der Waals surface area contributed by atoms with Crippen LogP contribution in [-0.4, -0.2) is 37.8 Å². The number of phenols is 1. The van der Waals surface area contributed by atoms with E-state index in [-0.39, 0.29) is 18.2 Å². The molecule has 0 aliphatic carbocycles. The van der Waals surface area contributed by atoms with E-state index in [0.29, 0.717) is 33.9 Å². The smallest absolute Gasteiger partial charge is 0.173 e. The summed E-state index contributed by atoms with van der Waals surface area (Å²) in [4.78, 5) is 4.17.